The summed E-state index contributed by atoms with van der Waals surface area (Å²) in [7, 11) is -3.67. The predicted molar refractivity (Wildman–Crippen MR) is 108 cm³/mol. The van der Waals surface area contributed by atoms with Gasteiger partial charge >= 0.3 is 6.18 Å². The summed E-state index contributed by atoms with van der Waals surface area (Å²) < 4.78 is 65.9. The van der Waals surface area contributed by atoms with Crippen LogP contribution in [0.4, 0.5) is 18.9 Å². The fourth-order valence-electron chi connectivity index (χ4n) is 3.45. The highest BCUT2D eigenvalue weighted by Crippen LogP contribution is 2.30. The first kappa shape index (κ1) is 22.3. The summed E-state index contributed by atoms with van der Waals surface area (Å²) in [5.41, 5.74) is 0.248. The molecule has 0 aliphatic carbocycles. The molecule has 3 rings (SSSR count). The number of amides is 1. The van der Waals surface area contributed by atoms with E-state index >= 15 is 0 Å². The Morgan fingerprint density at radius 1 is 1.07 bits per heavy atom. The first-order valence-corrected chi connectivity index (χ1v) is 11.1. The number of benzene rings is 2. The molecule has 1 saturated heterocycles. The molecular weight excluding hydrogens is 417 g/mol. The van der Waals surface area contributed by atoms with Crippen LogP contribution in [-0.4, -0.2) is 31.7 Å². The van der Waals surface area contributed by atoms with Crippen molar-refractivity contribution >= 4 is 21.6 Å². The maximum atomic E-state index is 13.0. The zero-order valence-corrected chi connectivity index (χ0v) is 17.3. The Kier molecular flexibility index (Phi) is 6.52. The molecule has 0 atom stereocenters. The second-order valence-electron chi connectivity index (χ2n) is 7.37. The summed E-state index contributed by atoms with van der Waals surface area (Å²) in [6.07, 6.45) is -2.12. The first-order chi connectivity index (χ1) is 14.1. The van der Waals surface area contributed by atoms with E-state index in [1.54, 1.807) is 19.1 Å². The number of nitrogens with one attached hydrogen (secondary N) is 1. The van der Waals surface area contributed by atoms with Crippen molar-refractivity contribution in [3.05, 3.63) is 59.2 Å². The smallest absolute Gasteiger partial charge is 0.326 e. The quantitative estimate of drug-likeness (QED) is 0.751. The molecule has 0 unspecified atom stereocenters. The minimum atomic E-state index is -4.48. The van der Waals surface area contributed by atoms with Gasteiger partial charge in [-0.25, -0.2) is 8.42 Å². The molecule has 1 aliphatic rings. The number of sulfonamides is 1. The third-order valence-corrected chi connectivity index (χ3v) is 7.06. The third kappa shape index (κ3) is 5.20. The standard InChI is InChI=1S/C21H23F3N2O3S/c1-15-8-9-18(14-19(15)30(28,29)26-10-3-2-4-11-26)25-20(27)13-16-6-5-7-17(12-16)21(22,23)24/h5-9,12,14H,2-4,10-11,13H2,1H3,(H,25,27). The van der Waals surface area contributed by atoms with Crippen LogP contribution in [0.25, 0.3) is 0 Å². The largest absolute Gasteiger partial charge is 0.416 e. The first-order valence-electron chi connectivity index (χ1n) is 9.64. The fraction of sp³-hybridized carbons (Fsp3) is 0.381. The van der Waals surface area contributed by atoms with Gasteiger partial charge in [0.25, 0.3) is 0 Å². The fourth-order valence-corrected chi connectivity index (χ4v) is 5.22. The maximum Gasteiger partial charge on any atom is 0.416 e. The third-order valence-electron chi connectivity index (χ3n) is 5.02. The summed E-state index contributed by atoms with van der Waals surface area (Å²) in [6.45, 7) is 2.62. The molecule has 0 aromatic heterocycles. The number of nitrogens with zero attached hydrogens (tertiary/aromatic N) is 1. The Bertz CT molecular complexity index is 1030. The van der Waals surface area contributed by atoms with Crippen LogP contribution in [0.5, 0.6) is 0 Å². The summed E-state index contributed by atoms with van der Waals surface area (Å²) >= 11 is 0. The highest BCUT2D eigenvalue weighted by atomic mass is 32.2. The van der Waals surface area contributed by atoms with Crippen molar-refractivity contribution < 1.29 is 26.4 Å². The van der Waals surface area contributed by atoms with Crippen LogP contribution in [0.2, 0.25) is 0 Å². The number of alkyl halides is 3. The van der Waals surface area contributed by atoms with Gasteiger partial charge in [0.1, 0.15) is 0 Å². The van der Waals surface area contributed by atoms with Crippen LogP contribution in [0, 0.1) is 6.92 Å². The Morgan fingerprint density at radius 2 is 1.77 bits per heavy atom. The molecule has 1 amide bonds. The zero-order chi connectivity index (χ0) is 21.9. The summed E-state index contributed by atoms with van der Waals surface area (Å²) in [5, 5.41) is 2.59. The normalized spacial score (nSPS) is 15.7. The van der Waals surface area contributed by atoms with E-state index in [1.807, 2.05) is 0 Å². The number of carbonyl (C=O) groups excluding carboxylic acids is 1. The van der Waals surface area contributed by atoms with E-state index in [9.17, 15) is 26.4 Å². The molecule has 5 nitrogen and oxygen atoms in total. The Labute approximate surface area is 173 Å². The van der Waals surface area contributed by atoms with Gasteiger partial charge in [0.05, 0.1) is 16.9 Å². The molecule has 2 aromatic rings. The van der Waals surface area contributed by atoms with Crippen LogP contribution < -0.4 is 5.32 Å². The van der Waals surface area contributed by atoms with E-state index in [0.29, 0.717) is 18.7 Å². The van der Waals surface area contributed by atoms with Crippen LogP contribution in [0.3, 0.4) is 0 Å². The second kappa shape index (κ2) is 8.77. The van der Waals surface area contributed by atoms with Gasteiger partial charge in [-0.15, -0.1) is 0 Å². The number of aryl methyl sites for hydroxylation is 1. The van der Waals surface area contributed by atoms with Gasteiger partial charge in [-0.2, -0.15) is 17.5 Å². The van der Waals surface area contributed by atoms with Gasteiger partial charge in [0.2, 0.25) is 15.9 Å². The van der Waals surface area contributed by atoms with E-state index < -0.39 is 27.7 Å². The molecule has 0 radical (unpaired) electrons. The van der Waals surface area contributed by atoms with Crippen LogP contribution in [0.1, 0.15) is 36.0 Å². The van der Waals surface area contributed by atoms with Crippen molar-refractivity contribution in [1.82, 2.24) is 4.31 Å². The number of hydrogen-bond donors (Lipinski definition) is 1. The molecule has 1 aliphatic heterocycles. The van der Waals surface area contributed by atoms with Crippen molar-refractivity contribution in [3.63, 3.8) is 0 Å². The molecule has 0 bridgehead atoms. The van der Waals surface area contributed by atoms with Crippen molar-refractivity contribution in [2.45, 2.75) is 43.7 Å². The number of hydrogen-bond acceptors (Lipinski definition) is 3. The Morgan fingerprint density at radius 3 is 2.43 bits per heavy atom. The van der Waals surface area contributed by atoms with E-state index in [1.165, 1.54) is 22.5 Å². The topological polar surface area (TPSA) is 66.5 Å². The summed E-state index contributed by atoms with van der Waals surface area (Å²) in [5.74, 6) is -0.528. The van der Waals surface area contributed by atoms with Crippen LogP contribution in [-0.2, 0) is 27.4 Å². The lowest BCUT2D eigenvalue weighted by Crippen LogP contribution is -2.36. The molecule has 30 heavy (non-hydrogen) atoms. The molecule has 0 spiro atoms. The number of carbonyl (C=O) groups is 1. The van der Waals surface area contributed by atoms with Gasteiger partial charge in [-0.05, 0) is 49.1 Å². The van der Waals surface area contributed by atoms with E-state index in [2.05, 4.69) is 5.32 Å². The van der Waals surface area contributed by atoms with Crippen molar-refractivity contribution in [3.8, 4) is 0 Å². The Hall–Kier alpha value is -2.39. The average Bonchev–Trinajstić information content (AvgIpc) is 2.69. The molecular formula is C21H23F3N2O3S. The number of anilines is 1. The predicted octanol–water partition coefficient (Wildman–Crippen LogP) is 4.37. The lowest BCUT2D eigenvalue weighted by Gasteiger charge is -2.26. The molecule has 162 valence electrons. The SMILES string of the molecule is Cc1ccc(NC(=O)Cc2cccc(C(F)(F)F)c2)cc1S(=O)(=O)N1CCCCC1. The van der Waals surface area contributed by atoms with Crippen molar-refractivity contribution in [2.75, 3.05) is 18.4 Å². The van der Waals surface area contributed by atoms with E-state index in [-0.39, 0.29) is 22.6 Å². The molecule has 1 heterocycles. The minimum absolute atomic E-state index is 0.126. The van der Waals surface area contributed by atoms with Gasteiger partial charge in [0, 0.05) is 18.8 Å². The molecule has 9 heteroatoms. The van der Waals surface area contributed by atoms with E-state index in [0.717, 1.165) is 31.4 Å². The molecule has 0 saturated carbocycles. The lowest BCUT2D eigenvalue weighted by molar-refractivity contribution is -0.137. The average molecular weight is 440 g/mol. The van der Waals surface area contributed by atoms with Gasteiger partial charge in [-0.1, -0.05) is 30.7 Å². The highest BCUT2D eigenvalue weighted by molar-refractivity contribution is 7.89. The molecule has 1 N–H and O–H groups in total. The van der Waals surface area contributed by atoms with Gasteiger partial charge in [0.15, 0.2) is 0 Å². The van der Waals surface area contributed by atoms with Crippen LogP contribution in [0.15, 0.2) is 47.4 Å². The molecule has 1 fully saturated rings. The number of halogens is 3. The number of rotatable bonds is 5. The monoisotopic (exact) mass is 440 g/mol. The minimum Gasteiger partial charge on any atom is -0.326 e. The second-order valence-corrected chi connectivity index (χ2v) is 9.27. The summed E-state index contributed by atoms with van der Waals surface area (Å²) in [6, 6.07) is 9.16. The molecule has 2 aromatic carbocycles. The van der Waals surface area contributed by atoms with Gasteiger partial charge in [-0.3, -0.25) is 4.79 Å². The van der Waals surface area contributed by atoms with Crippen molar-refractivity contribution in [2.24, 2.45) is 0 Å². The van der Waals surface area contributed by atoms with Crippen molar-refractivity contribution in [1.29, 1.82) is 0 Å². The maximum absolute atomic E-state index is 13.0. The Balaban J connectivity index is 1.76. The zero-order valence-electron chi connectivity index (χ0n) is 16.5. The summed E-state index contributed by atoms with van der Waals surface area (Å²) in [4.78, 5) is 12.5. The lowest BCUT2D eigenvalue weighted by atomic mass is 10.1. The van der Waals surface area contributed by atoms with Gasteiger partial charge < -0.3 is 5.32 Å². The van der Waals surface area contributed by atoms with Crippen LogP contribution >= 0.6 is 0 Å². The number of piperidine rings is 1. The highest BCUT2D eigenvalue weighted by Gasteiger charge is 2.30. The van der Waals surface area contributed by atoms with E-state index in [4.69, 9.17) is 0 Å².